The minimum atomic E-state index is -0.0139. The van der Waals surface area contributed by atoms with Gasteiger partial charge in [-0.3, -0.25) is 4.90 Å². The Kier molecular flexibility index (Phi) is 4.44. The molecule has 2 fully saturated rings. The van der Waals surface area contributed by atoms with Gasteiger partial charge in [0.15, 0.2) is 0 Å². The van der Waals surface area contributed by atoms with Gasteiger partial charge in [-0.1, -0.05) is 56.5 Å². The van der Waals surface area contributed by atoms with E-state index in [1.165, 1.54) is 58.0 Å². The van der Waals surface area contributed by atoms with Crippen LogP contribution in [0.3, 0.4) is 0 Å². The van der Waals surface area contributed by atoms with Gasteiger partial charge in [-0.2, -0.15) is 0 Å². The lowest BCUT2D eigenvalue weighted by molar-refractivity contribution is 0.0467. The van der Waals surface area contributed by atoms with E-state index in [1.54, 1.807) is 0 Å². The van der Waals surface area contributed by atoms with Crippen molar-refractivity contribution in [1.82, 2.24) is 4.90 Å². The molecule has 2 atom stereocenters. The Morgan fingerprint density at radius 2 is 1.76 bits per heavy atom. The third-order valence-corrected chi connectivity index (χ3v) is 5.68. The lowest BCUT2D eigenvalue weighted by Gasteiger charge is -2.52. The number of piperidine rings is 1. The maximum atomic E-state index is 9.00. The van der Waals surface area contributed by atoms with Crippen molar-refractivity contribution < 1.29 is 0 Å². The van der Waals surface area contributed by atoms with Crippen LogP contribution in [0, 0.1) is 11.3 Å². The second-order valence-electron chi connectivity index (χ2n) is 6.86. The van der Waals surface area contributed by atoms with E-state index in [-0.39, 0.29) is 5.54 Å². The zero-order valence-electron chi connectivity index (χ0n) is 13.3. The van der Waals surface area contributed by atoms with Gasteiger partial charge < -0.3 is 5.41 Å². The first kappa shape index (κ1) is 14.8. The summed E-state index contributed by atoms with van der Waals surface area (Å²) < 4.78 is 0. The zero-order chi connectivity index (χ0) is 14.7. The number of benzene rings is 1. The fourth-order valence-corrected chi connectivity index (χ4v) is 4.48. The molecule has 3 rings (SSSR count). The van der Waals surface area contributed by atoms with Crippen LogP contribution in [0.15, 0.2) is 30.3 Å². The first-order chi connectivity index (χ1) is 10.2. The van der Waals surface area contributed by atoms with Gasteiger partial charge in [0.25, 0.3) is 0 Å². The van der Waals surface area contributed by atoms with Crippen LogP contribution in [0.25, 0.3) is 0 Å². The molecule has 0 radical (unpaired) electrons. The standard InChI is InChI=1S/C19H28N2/c1-16-10-6-7-13-19(16,21-14-8-3-9-15-21)18(20)17-11-4-2-5-12-17/h2,4-5,11-12,16,20H,3,6-10,13-15H2,1H3/t16-,19+/m1/s1. The summed E-state index contributed by atoms with van der Waals surface area (Å²) in [4.78, 5) is 2.66. The summed E-state index contributed by atoms with van der Waals surface area (Å²) in [5.74, 6) is 0.594. The van der Waals surface area contributed by atoms with Crippen molar-refractivity contribution in [1.29, 1.82) is 5.41 Å². The number of rotatable bonds is 3. The molecule has 1 saturated heterocycles. The molecule has 2 heteroatoms. The highest BCUT2D eigenvalue weighted by atomic mass is 15.2. The van der Waals surface area contributed by atoms with Crippen LogP contribution in [0.2, 0.25) is 0 Å². The molecule has 0 bridgehead atoms. The molecule has 2 aliphatic rings. The molecule has 0 amide bonds. The second-order valence-corrected chi connectivity index (χ2v) is 6.86. The fourth-order valence-electron chi connectivity index (χ4n) is 4.48. The average Bonchev–Trinajstić information content (AvgIpc) is 2.56. The van der Waals surface area contributed by atoms with Crippen LogP contribution in [0.1, 0.15) is 57.4 Å². The van der Waals surface area contributed by atoms with Crippen LogP contribution >= 0.6 is 0 Å². The molecule has 1 aromatic rings. The molecule has 0 spiro atoms. The first-order valence-corrected chi connectivity index (χ1v) is 8.64. The van der Waals surface area contributed by atoms with Gasteiger partial charge >= 0.3 is 0 Å². The molecule has 1 aliphatic heterocycles. The summed E-state index contributed by atoms with van der Waals surface area (Å²) in [5, 5.41) is 9.00. The van der Waals surface area contributed by atoms with Crippen molar-refractivity contribution >= 4 is 5.71 Å². The van der Waals surface area contributed by atoms with Crippen LogP contribution in [-0.2, 0) is 0 Å². The van der Waals surface area contributed by atoms with Gasteiger partial charge in [0.1, 0.15) is 0 Å². The number of nitrogens with zero attached hydrogens (tertiary/aromatic N) is 1. The van der Waals surface area contributed by atoms with Gasteiger partial charge in [0.05, 0.1) is 11.3 Å². The second kappa shape index (κ2) is 6.31. The SMILES string of the molecule is C[C@@H]1CCCC[C@]1(C(=N)c1ccccc1)N1CCCCC1. The summed E-state index contributed by atoms with van der Waals surface area (Å²) in [5.41, 5.74) is 1.98. The Morgan fingerprint density at radius 1 is 1.05 bits per heavy atom. The highest BCUT2D eigenvalue weighted by molar-refractivity contribution is 6.05. The molecule has 1 aliphatic carbocycles. The molecule has 21 heavy (non-hydrogen) atoms. The molecule has 1 aromatic carbocycles. The van der Waals surface area contributed by atoms with Crippen LogP contribution in [0.4, 0.5) is 0 Å². The molecule has 1 saturated carbocycles. The van der Waals surface area contributed by atoms with Gasteiger partial charge in [-0.25, -0.2) is 0 Å². The normalized spacial score (nSPS) is 31.0. The van der Waals surface area contributed by atoms with Gasteiger partial charge in [0.2, 0.25) is 0 Å². The first-order valence-electron chi connectivity index (χ1n) is 8.64. The Labute approximate surface area is 129 Å². The third kappa shape index (κ3) is 2.66. The molecule has 0 aromatic heterocycles. The molecule has 2 nitrogen and oxygen atoms in total. The van der Waals surface area contributed by atoms with Crippen molar-refractivity contribution in [3.05, 3.63) is 35.9 Å². The smallest absolute Gasteiger partial charge is 0.0658 e. The van der Waals surface area contributed by atoms with E-state index in [0.29, 0.717) is 5.92 Å². The Morgan fingerprint density at radius 3 is 2.43 bits per heavy atom. The molecule has 0 unspecified atom stereocenters. The van der Waals surface area contributed by atoms with Crippen molar-refractivity contribution in [3.8, 4) is 0 Å². The number of nitrogens with one attached hydrogen (secondary N) is 1. The fraction of sp³-hybridized carbons (Fsp3) is 0.632. The average molecular weight is 284 g/mol. The Bertz CT molecular complexity index is 476. The van der Waals surface area contributed by atoms with Crippen molar-refractivity contribution in [2.75, 3.05) is 13.1 Å². The Balaban J connectivity index is 1.97. The zero-order valence-corrected chi connectivity index (χ0v) is 13.3. The maximum Gasteiger partial charge on any atom is 0.0658 e. The maximum absolute atomic E-state index is 9.00. The predicted molar refractivity (Wildman–Crippen MR) is 89.1 cm³/mol. The summed E-state index contributed by atoms with van der Waals surface area (Å²) in [6, 6.07) is 10.4. The summed E-state index contributed by atoms with van der Waals surface area (Å²) >= 11 is 0. The monoisotopic (exact) mass is 284 g/mol. The third-order valence-electron chi connectivity index (χ3n) is 5.68. The summed E-state index contributed by atoms with van der Waals surface area (Å²) in [6.45, 7) is 4.74. The van der Waals surface area contributed by atoms with Crippen molar-refractivity contribution in [2.24, 2.45) is 5.92 Å². The molecule has 1 N–H and O–H groups in total. The number of hydrogen-bond acceptors (Lipinski definition) is 2. The van der Waals surface area contributed by atoms with Crippen LogP contribution in [0.5, 0.6) is 0 Å². The largest absolute Gasteiger partial charge is 0.303 e. The van der Waals surface area contributed by atoms with E-state index in [4.69, 9.17) is 5.41 Å². The van der Waals surface area contributed by atoms with Gasteiger partial charge in [-0.05, 0) is 50.3 Å². The number of hydrogen-bond donors (Lipinski definition) is 1. The highest BCUT2D eigenvalue weighted by Crippen LogP contribution is 2.42. The van der Waals surface area contributed by atoms with Gasteiger partial charge in [0, 0.05) is 0 Å². The van der Waals surface area contributed by atoms with Crippen molar-refractivity contribution in [2.45, 2.75) is 57.4 Å². The van der Waals surface area contributed by atoms with Crippen molar-refractivity contribution in [3.63, 3.8) is 0 Å². The van der Waals surface area contributed by atoms with Crippen LogP contribution in [-0.4, -0.2) is 29.2 Å². The molecular weight excluding hydrogens is 256 g/mol. The topological polar surface area (TPSA) is 27.1 Å². The molecule has 1 heterocycles. The number of likely N-dealkylation sites (tertiary alicyclic amines) is 1. The molecular formula is C19H28N2. The minimum absolute atomic E-state index is 0.0139. The van der Waals surface area contributed by atoms with E-state index in [9.17, 15) is 0 Å². The van der Waals surface area contributed by atoms with Gasteiger partial charge in [-0.15, -0.1) is 0 Å². The van der Waals surface area contributed by atoms with Crippen LogP contribution < -0.4 is 0 Å². The summed E-state index contributed by atoms with van der Waals surface area (Å²) in [6.07, 6.45) is 9.01. The lowest BCUT2D eigenvalue weighted by atomic mass is 9.67. The van der Waals surface area contributed by atoms with E-state index >= 15 is 0 Å². The van der Waals surface area contributed by atoms with E-state index in [1.807, 2.05) is 0 Å². The van der Waals surface area contributed by atoms with E-state index < -0.39 is 0 Å². The highest BCUT2D eigenvalue weighted by Gasteiger charge is 2.47. The molecule has 114 valence electrons. The summed E-state index contributed by atoms with van der Waals surface area (Å²) in [7, 11) is 0. The van der Waals surface area contributed by atoms with E-state index in [2.05, 4.69) is 42.2 Å². The van der Waals surface area contributed by atoms with E-state index in [0.717, 1.165) is 11.3 Å². The Hall–Kier alpha value is -1.15. The lowest BCUT2D eigenvalue weighted by Crippen LogP contribution is -2.61. The predicted octanol–water partition coefficient (Wildman–Crippen LogP) is 4.49. The quantitative estimate of drug-likeness (QED) is 0.814. The minimum Gasteiger partial charge on any atom is -0.303 e.